The molecule has 0 spiro atoms. The molecule has 142 valence electrons. The van der Waals surface area contributed by atoms with E-state index in [1.165, 1.54) is 25.3 Å². The van der Waals surface area contributed by atoms with Gasteiger partial charge in [0.25, 0.3) is 5.91 Å². The molecule has 2 unspecified atom stereocenters. The van der Waals surface area contributed by atoms with Crippen LogP contribution in [0.5, 0.6) is 0 Å². The van der Waals surface area contributed by atoms with Crippen LogP contribution in [0.2, 0.25) is 0 Å². The number of hydrogen-bond acceptors (Lipinski definition) is 3. The fraction of sp³-hybridized carbons (Fsp3) is 0.381. The second-order valence-electron chi connectivity index (χ2n) is 7.08. The molecule has 3 rings (SSSR count). The summed E-state index contributed by atoms with van der Waals surface area (Å²) in [6, 6.07) is 9.75. The third kappa shape index (κ3) is 5.36. The van der Waals surface area contributed by atoms with Gasteiger partial charge in [-0.05, 0) is 49.4 Å². The molecule has 0 aliphatic heterocycles. The maximum Gasteiger partial charge on any atom is 0.253 e. The SMILES string of the molecule is CC(=O)NCC1CCCC(NC(=O)c2ccc(-c3cccc(F)c3)nc2)C1. The molecule has 2 N–H and O–H groups in total. The molecule has 1 fully saturated rings. The highest BCUT2D eigenvalue weighted by Gasteiger charge is 2.23. The van der Waals surface area contributed by atoms with Crippen molar-refractivity contribution in [2.75, 3.05) is 6.54 Å². The molecule has 1 heterocycles. The summed E-state index contributed by atoms with van der Waals surface area (Å²) >= 11 is 0. The molecule has 2 atom stereocenters. The van der Waals surface area contributed by atoms with Crippen LogP contribution in [-0.2, 0) is 4.79 Å². The number of pyridine rings is 1. The molecule has 27 heavy (non-hydrogen) atoms. The number of carbonyl (C=O) groups excluding carboxylic acids is 2. The summed E-state index contributed by atoms with van der Waals surface area (Å²) in [5.74, 6) is -0.104. The number of hydrogen-bond donors (Lipinski definition) is 2. The number of nitrogens with one attached hydrogen (secondary N) is 2. The lowest BCUT2D eigenvalue weighted by molar-refractivity contribution is -0.119. The van der Waals surface area contributed by atoms with Gasteiger partial charge in [0.2, 0.25) is 5.91 Å². The van der Waals surface area contributed by atoms with Crippen molar-refractivity contribution >= 4 is 11.8 Å². The van der Waals surface area contributed by atoms with Crippen LogP contribution < -0.4 is 10.6 Å². The predicted octanol–water partition coefficient (Wildman–Crippen LogP) is 3.31. The summed E-state index contributed by atoms with van der Waals surface area (Å²) in [4.78, 5) is 27.9. The van der Waals surface area contributed by atoms with Crippen LogP contribution in [0.3, 0.4) is 0 Å². The van der Waals surface area contributed by atoms with Crippen LogP contribution in [-0.4, -0.2) is 29.4 Å². The largest absolute Gasteiger partial charge is 0.356 e. The molecule has 0 saturated heterocycles. The summed E-state index contributed by atoms with van der Waals surface area (Å²) in [6.45, 7) is 2.17. The van der Waals surface area contributed by atoms with E-state index in [0.29, 0.717) is 29.3 Å². The third-order valence-electron chi connectivity index (χ3n) is 4.90. The van der Waals surface area contributed by atoms with Crippen LogP contribution in [0.25, 0.3) is 11.3 Å². The molecule has 1 saturated carbocycles. The summed E-state index contributed by atoms with van der Waals surface area (Å²) in [5, 5.41) is 5.93. The standard InChI is InChI=1S/C21H24FN3O2/c1-14(26)23-12-15-4-2-7-19(10-15)25-21(27)17-8-9-20(24-13-17)16-5-3-6-18(22)11-16/h3,5-6,8-9,11,13,15,19H,2,4,7,10,12H2,1H3,(H,23,26)(H,25,27). The van der Waals surface area contributed by atoms with Gasteiger partial charge in [0.1, 0.15) is 5.82 Å². The van der Waals surface area contributed by atoms with Crippen molar-refractivity contribution in [2.24, 2.45) is 5.92 Å². The number of rotatable bonds is 5. The van der Waals surface area contributed by atoms with E-state index < -0.39 is 0 Å². The molecule has 1 aliphatic rings. The van der Waals surface area contributed by atoms with Crippen LogP contribution in [0.1, 0.15) is 43.0 Å². The molecule has 0 radical (unpaired) electrons. The molecule has 2 aromatic rings. The molecule has 0 bridgehead atoms. The van der Waals surface area contributed by atoms with E-state index in [1.807, 2.05) is 0 Å². The maximum absolute atomic E-state index is 13.3. The lowest BCUT2D eigenvalue weighted by Crippen LogP contribution is -2.40. The number of nitrogens with zero attached hydrogens (tertiary/aromatic N) is 1. The number of carbonyl (C=O) groups is 2. The van der Waals surface area contributed by atoms with Crippen LogP contribution >= 0.6 is 0 Å². The van der Waals surface area contributed by atoms with Gasteiger partial charge in [0.15, 0.2) is 0 Å². The van der Waals surface area contributed by atoms with E-state index in [4.69, 9.17) is 0 Å². The Kier molecular flexibility index (Phi) is 6.16. The molecular formula is C21H24FN3O2. The van der Waals surface area contributed by atoms with E-state index in [9.17, 15) is 14.0 Å². The average molecular weight is 369 g/mol. The van der Waals surface area contributed by atoms with E-state index >= 15 is 0 Å². The first-order chi connectivity index (χ1) is 13.0. The molecule has 1 aromatic heterocycles. The van der Waals surface area contributed by atoms with Crippen molar-refractivity contribution in [3.8, 4) is 11.3 Å². The Labute approximate surface area is 158 Å². The minimum absolute atomic E-state index is 0.0226. The first-order valence-electron chi connectivity index (χ1n) is 9.28. The predicted molar refractivity (Wildman–Crippen MR) is 102 cm³/mol. The van der Waals surface area contributed by atoms with Gasteiger partial charge in [-0.15, -0.1) is 0 Å². The summed E-state index contributed by atoms with van der Waals surface area (Å²) < 4.78 is 13.3. The lowest BCUT2D eigenvalue weighted by Gasteiger charge is -2.29. The number of benzene rings is 1. The van der Waals surface area contributed by atoms with Crippen LogP contribution in [0.15, 0.2) is 42.6 Å². The average Bonchev–Trinajstić information content (AvgIpc) is 2.67. The van der Waals surface area contributed by atoms with E-state index in [2.05, 4.69) is 15.6 Å². The van der Waals surface area contributed by atoms with Gasteiger partial charge in [-0.2, -0.15) is 0 Å². The number of halogens is 1. The second kappa shape index (κ2) is 8.75. The molecule has 1 aromatic carbocycles. The van der Waals surface area contributed by atoms with Crippen molar-refractivity contribution in [3.63, 3.8) is 0 Å². The van der Waals surface area contributed by atoms with E-state index in [0.717, 1.165) is 25.7 Å². The highest BCUT2D eigenvalue weighted by molar-refractivity contribution is 5.94. The Balaban J connectivity index is 1.58. The van der Waals surface area contributed by atoms with Gasteiger partial charge in [-0.25, -0.2) is 4.39 Å². The lowest BCUT2D eigenvalue weighted by atomic mass is 9.85. The Bertz CT molecular complexity index is 807. The molecule has 2 amide bonds. The highest BCUT2D eigenvalue weighted by atomic mass is 19.1. The van der Waals surface area contributed by atoms with E-state index in [-0.39, 0.29) is 23.7 Å². The molecule has 1 aliphatic carbocycles. The smallest absolute Gasteiger partial charge is 0.253 e. The van der Waals surface area contributed by atoms with Gasteiger partial charge in [-0.3, -0.25) is 14.6 Å². The summed E-state index contributed by atoms with van der Waals surface area (Å²) in [5.41, 5.74) is 1.79. The molecule has 6 heteroatoms. The van der Waals surface area contributed by atoms with Crippen molar-refractivity contribution in [3.05, 3.63) is 54.0 Å². The maximum atomic E-state index is 13.3. The molecular weight excluding hydrogens is 345 g/mol. The third-order valence-corrected chi connectivity index (χ3v) is 4.90. The fourth-order valence-corrected chi connectivity index (χ4v) is 3.51. The monoisotopic (exact) mass is 369 g/mol. The minimum atomic E-state index is -0.317. The first-order valence-corrected chi connectivity index (χ1v) is 9.28. The van der Waals surface area contributed by atoms with Gasteiger partial charge < -0.3 is 10.6 Å². The Morgan fingerprint density at radius 2 is 2.07 bits per heavy atom. The Morgan fingerprint density at radius 1 is 1.22 bits per heavy atom. The first kappa shape index (κ1) is 19.0. The van der Waals surface area contributed by atoms with Crippen molar-refractivity contribution in [2.45, 2.75) is 38.6 Å². The molecule has 5 nitrogen and oxygen atoms in total. The fourth-order valence-electron chi connectivity index (χ4n) is 3.51. The zero-order valence-corrected chi connectivity index (χ0v) is 15.4. The number of aromatic nitrogens is 1. The minimum Gasteiger partial charge on any atom is -0.356 e. The summed E-state index contributed by atoms with van der Waals surface area (Å²) in [6.07, 6.45) is 5.42. The van der Waals surface area contributed by atoms with Crippen molar-refractivity contribution < 1.29 is 14.0 Å². The van der Waals surface area contributed by atoms with Gasteiger partial charge in [-0.1, -0.05) is 18.6 Å². The topological polar surface area (TPSA) is 71.1 Å². The van der Waals surface area contributed by atoms with Gasteiger partial charge in [0, 0.05) is 31.3 Å². The quantitative estimate of drug-likeness (QED) is 0.849. The second-order valence-corrected chi connectivity index (χ2v) is 7.08. The van der Waals surface area contributed by atoms with Gasteiger partial charge >= 0.3 is 0 Å². The van der Waals surface area contributed by atoms with Crippen molar-refractivity contribution in [1.82, 2.24) is 15.6 Å². The Morgan fingerprint density at radius 3 is 2.78 bits per heavy atom. The zero-order chi connectivity index (χ0) is 19.2. The highest BCUT2D eigenvalue weighted by Crippen LogP contribution is 2.24. The van der Waals surface area contributed by atoms with Crippen molar-refractivity contribution in [1.29, 1.82) is 0 Å². The van der Waals surface area contributed by atoms with Crippen LogP contribution in [0, 0.1) is 11.7 Å². The van der Waals surface area contributed by atoms with Gasteiger partial charge in [0.05, 0.1) is 11.3 Å². The summed E-state index contributed by atoms with van der Waals surface area (Å²) in [7, 11) is 0. The number of amides is 2. The Hall–Kier alpha value is -2.76. The normalized spacial score (nSPS) is 19.3. The van der Waals surface area contributed by atoms with Crippen LogP contribution in [0.4, 0.5) is 4.39 Å². The van der Waals surface area contributed by atoms with E-state index in [1.54, 1.807) is 24.3 Å². The zero-order valence-electron chi connectivity index (χ0n) is 15.4.